The minimum atomic E-state index is -0.766. The standard InChI is InChI=1S/C13H13FN2O2S/c1-7(2)9-6-19-13(15-9)16-12(18)11-8(14)4-3-5-10(11)17/h3-7,17H,1-2H3,(H,15,16,18). The van der Waals surface area contributed by atoms with E-state index < -0.39 is 17.5 Å². The fraction of sp³-hybridized carbons (Fsp3) is 0.231. The van der Waals surface area contributed by atoms with E-state index in [2.05, 4.69) is 10.3 Å². The summed E-state index contributed by atoms with van der Waals surface area (Å²) >= 11 is 1.27. The molecule has 0 atom stereocenters. The minimum Gasteiger partial charge on any atom is -0.507 e. The van der Waals surface area contributed by atoms with Crippen LogP contribution in [0, 0.1) is 5.82 Å². The molecule has 4 nitrogen and oxygen atoms in total. The van der Waals surface area contributed by atoms with Crippen LogP contribution < -0.4 is 5.32 Å². The average molecular weight is 280 g/mol. The number of nitrogens with one attached hydrogen (secondary N) is 1. The van der Waals surface area contributed by atoms with E-state index in [0.717, 1.165) is 11.8 Å². The maximum Gasteiger partial charge on any atom is 0.264 e. The number of anilines is 1. The highest BCUT2D eigenvalue weighted by atomic mass is 32.1. The van der Waals surface area contributed by atoms with Gasteiger partial charge in [0.2, 0.25) is 0 Å². The Balaban J connectivity index is 2.21. The van der Waals surface area contributed by atoms with Crippen LogP contribution in [-0.4, -0.2) is 16.0 Å². The second kappa shape index (κ2) is 5.36. The van der Waals surface area contributed by atoms with Gasteiger partial charge in [0, 0.05) is 5.38 Å². The second-order valence-electron chi connectivity index (χ2n) is 4.32. The molecule has 0 saturated carbocycles. The Morgan fingerprint density at radius 1 is 1.47 bits per heavy atom. The van der Waals surface area contributed by atoms with E-state index in [9.17, 15) is 14.3 Å². The molecule has 0 aliphatic carbocycles. The molecule has 19 heavy (non-hydrogen) atoms. The van der Waals surface area contributed by atoms with E-state index in [0.29, 0.717) is 5.13 Å². The van der Waals surface area contributed by atoms with E-state index in [1.54, 1.807) is 0 Å². The Labute approximate surface area is 113 Å². The lowest BCUT2D eigenvalue weighted by Crippen LogP contribution is -2.14. The Morgan fingerprint density at radius 3 is 2.79 bits per heavy atom. The molecule has 1 aromatic carbocycles. The smallest absolute Gasteiger partial charge is 0.264 e. The molecule has 0 fully saturated rings. The first-order valence-electron chi connectivity index (χ1n) is 5.73. The van der Waals surface area contributed by atoms with Gasteiger partial charge in [-0.25, -0.2) is 9.37 Å². The molecule has 6 heteroatoms. The van der Waals surface area contributed by atoms with Gasteiger partial charge in [-0.3, -0.25) is 10.1 Å². The predicted molar refractivity (Wildman–Crippen MR) is 72.2 cm³/mol. The number of phenols is 1. The molecule has 0 radical (unpaired) electrons. The number of benzene rings is 1. The first-order valence-corrected chi connectivity index (χ1v) is 6.61. The van der Waals surface area contributed by atoms with Crippen LogP contribution in [0.2, 0.25) is 0 Å². The molecule has 100 valence electrons. The highest BCUT2D eigenvalue weighted by Crippen LogP contribution is 2.24. The zero-order valence-electron chi connectivity index (χ0n) is 10.5. The molecule has 0 bridgehead atoms. The number of thiazole rings is 1. The maximum atomic E-state index is 13.5. The van der Waals surface area contributed by atoms with Crippen molar-refractivity contribution < 1.29 is 14.3 Å². The molecule has 1 heterocycles. The molecule has 0 aliphatic rings. The summed E-state index contributed by atoms with van der Waals surface area (Å²) in [7, 11) is 0. The average Bonchev–Trinajstić information content (AvgIpc) is 2.77. The van der Waals surface area contributed by atoms with Gasteiger partial charge in [-0.15, -0.1) is 11.3 Å². The van der Waals surface area contributed by atoms with E-state index in [4.69, 9.17) is 0 Å². The summed E-state index contributed by atoms with van der Waals surface area (Å²) in [5.41, 5.74) is 0.488. The van der Waals surface area contributed by atoms with Crippen LogP contribution in [0.3, 0.4) is 0 Å². The van der Waals surface area contributed by atoms with Gasteiger partial charge < -0.3 is 5.11 Å². The fourth-order valence-electron chi connectivity index (χ4n) is 1.51. The molecule has 1 aromatic heterocycles. The first-order chi connectivity index (χ1) is 8.99. The van der Waals surface area contributed by atoms with Gasteiger partial charge in [0.05, 0.1) is 5.69 Å². The van der Waals surface area contributed by atoms with Crippen LogP contribution >= 0.6 is 11.3 Å². The fourth-order valence-corrected chi connectivity index (χ4v) is 2.37. The van der Waals surface area contributed by atoms with Gasteiger partial charge >= 0.3 is 0 Å². The van der Waals surface area contributed by atoms with E-state index in [1.165, 1.54) is 23.5 Å². The van der Waals surface area contributed by atoms with Crippen LogP contribution in [0.15, 0.2) is 23.6 Å². The van der Waals surface area contributed by atoms with E-state index in [1.807, 2.05) is 19.2 Å². The zero-order chi connectivity index (χ0) is 14.0. The van der Waals surface area contributed by atoms with Crippen molar-refractivity contribution in [2.45, 2.75) is 19.8 Å². The largest absolute Gasteiger partial charge is 0.507 e. The number of carbonyl (C=O) groups excluding carboxylic acids is 1. The van der Waals surface area contributed by atoms with Crippen molar-refractivity contribution >= 4 is 22.4 Å². The Kier molecular flexibility index (Phi) is 3.80. The molecule has 1 amide bonds. The van der Waals surface area contributed by atoms with Crippen molar-refractivity contribution in [1.82, 2.24) is 4.98 Å². The quantitative estimate of drug-likeness (QED) is 0.906. The summed E-state index contributed by atoms with van der Waals surface area (Å²) in [4.78, 5) is 16.1. The van der Waals surface area contributed by atoms with Crippen molar-refractivity contribution in [2.24, 2.45) is 0 Å². The van der Waals surface area contributed by atoms with Gasteiger partial charge in [-0.1, -0.05) is 19.9 Å². The lowest BCUT2D eigenvalue weighted by Gasteiger charge is -2.05. The molecule has 0 unspecified atom stereocenters. The van der Waals surface area contributed by atoms with Crippen LogP contribution in [0.4, 0.5) is 9.52 Å². The number of halogens is 1. The number of phenolic OH excluding ortho intramolecular Hbond substituents is 1. The maximum absolute atomic E-state index is 13.5. The predicted octanol–water partition coefficient (Wildman–Crippen LogP) is 3.36. The Bertz CT molecular complexity index is 590. The summed E-state index contributed by atoms with van der Waals surface area (Å²) < 4.78 is 13.5. The molecule has 0 saturated heterocycles. The molecule has 0 spiro atoms. The highest BCUT2D eigenvalue weighted by Gasteiger charge is 2.18. The van der Waals surface area contributed by atoms with E-state index in [-0.39, 0.29) is 11.5 Å². The van der Waals surface area contributed by atoms with Crippen LogP contribution in [0.5, 0.6) is 5.75 Å². The lowest BCUT2D eigenvalue weighted by atomic mass is 10.1. The number of amides is 1. The third-order valence-electron chi connectivity index (χ3n) is 2.55. The van der Waals surface area contributed by atoms with Crippen molar-refractivity contribution in [3.63, 3.8) is 0 Å². The second-order valence-corrected chi connectivity index (χ2v) is 5.18. The number of carbonyl (C=O) groups is 1. The molecule has 0 aliphatic heterocycles. The Morgan fingerprint density at radius 2 is 2.21 bits per heavy atom. The number of aromatic nitrogens is 1. The van der Waals surface area contributed by atoms with Gasteiger partial charge in [-0.2, -0.15) is 0 Å². The van der Waals surface area contributed by atoms with Crippen LogP contribution in [0.1, 0.15) is 35.8 Å². The monoisotopic (exact) mass is 280 g/mol. The summed E-state index contributed by atoms with van der Waals surface area (Å²) in [5, 5.41) is 14.2. The number of hydrogen-bond donors (Lipinski definition) is 2. The molecule has 2 N–H and O–H groups in total. The molecular formula is C13H13FN2O2S. The summed E-state index contributed by atoms with van der Waals surface area (Å²) in [6.45, 7) is 3.98. The van der Waals surface area contributed by atoms with E-state index >= 15 is 0 Å². The van der Waals surface area contributed by atoms with Crippen LogP contribution in [0.25, 0.3) is 0 Å². The van der Waals surface area contributed by atoms with Gasteiger partial charge in [-0.05, 0) is 18.1 Å². The van der Waals surface area contributed by atoms with Crippen LogP contribution in [-0.2, 0) is 0 Å². The third kappa shape index (κ3) is 2.90. The highest BCUT2D eigenvalue weighted by molar-refractivity contribution is 7.14. The summed E-state index contributed by atoms with van der Waals surface area (Å²) in [5.74, 6) is -1.61. The molecule has 2 rings (SSSR count). The first kappa shape index (κ1) is 13.5. The molecular weight excluding hydrogens is 267 g/mol. The summed E-state index contributed by atoms with van der Waals surface area (Å²) in [6, 6.07) is 3.72. The summed E-state index contributed by atoms with van der Waals surface area (Å²) in [6.07, 6.45) is 0. The zero-order valence-corrected chi connectivity index (χ0v) is 11.3. The SMILES string of the molecule is CC(C)c1csc(NC(=O)c2c(O)cccc2F)n1. The number of nitrogens with zero attached hydrogens (tertiary/aromatic N) is 1. The third-order valence-corrected chi connectivity index (χ3v) is 3.33. The molecule has 2 aromatic rings. The Hall–Kier alpha value is -1.95. The van der Waals surface area contributed by atoms with Gasteiger partial charge in [0.15, 0.2) is 5.13 Å². The minimum absolute atomic E-state index is 0.253. The van der Waals surface area contributed by atoms with Crippen molar-refractivity contribution in [1.29, 1.82) is 0 Å². The van der Waals surface area contributed by atoms with Crippen molar-refractivity contribution in [3.8, 4) is 5.75 Å². The van der Waals surface area contributed by atoms with Crippen molar-refractivity contribution in [2.75, 3.05) is 5.32 Å². The number of aromatic hydroxyl groups is 1. The number of rotatable bonds is 3. The van der Waals surface area contributed by atoms with Gasteiger partial charge in [0.25, 0.3) is 5.91 Å². The lowest BCUT2D eigenvalue weighted by molar-refractivity contribution is 0.102. The number of hydrogen-bond acceptors (Lipinski definition) is 4. The van der Waals surface area contributed by atoms with Gasteiger partial charge in [0.1, 0.15) is 17.1 Å². The van der Waals surface area contributed by atoms with Crippen molar-refractivity contribution in [3.05, 3.63) is 40.7 Å². The normalized spacial score (nSPS) is 10.7. The topological polar surface area (TPSA) is 62.2 Å².